The molecule has 5 heteroatoms. The number of rotatable bonds is 5. The molecule has 0 aliphatic carbocycles. The summed E-state index contributed by atoms with van der Waals surface area (Å²) in [6.07, 6.45) is 2.50. The van der Waals surface area contributed by atoms with Crippen molar-refractivity contribution in [3.05, 3.63) is 0 Å². The first-order chi connectivity index (χ1) is 5.83. The van der Waals surface area contributed by atoms with Crippen molar-refractivity contribution in [3.63, 3.8) is 0 Å². The summed E-state index contributed by atoms with van der Waals surface area (Å²) >= 11 is 0. The fraction of sp³-hybridized carbons (Fsp3) is 0.857. The Balaban J connectivity index is 1.78. The summed E-state index contributed by atoms with van der Waals surface area (Å²) in [4.78, 5) is 14.1. The van der Waals surface area contributed by atoms with Gasteiger partial charge in [0.15, 0.2) is 0 Å². The Labute approximate surface area is 70.7 Å². The minimum Gasteiger partial charge on any atom is -0.433 e. The topological polar surface area (TPSA) is 74.1 Å². The van der Waals surface area contributed by atoms with E-state index in [-0.39, 0.29) is 0 Å². The highest BCUT2D eigenvalue weighted by Crippen LogP contribution is 2.16. The predicted octanol–water partition coefficient (Wildman–Crippen LogP) is 0.582. The zero-order valence-electron chi connectivity index (χ0n) is 6.82. The van der Waals surface area contributed by atoms with Crippen LogP contribution in [0, 0.1) is 0 Å². The van der Waals surface area contributed by atoms with E-state index < -0.39 is 6.16 Å². The zero-order chi connectivity index (χ0) is 8.81. The van der Waals surface area contributed by atoms with Gasteiger partial charge in [0.05, 0.1) is 19.3 Å². The van der Waals surface area contributed by atoms with Gasteiger partial charge in [-0.15, -0.1) is 0 Å². The fourth-order valence-electron chi connectivity index (χ4n) is 0.898. The standard InChI is InChI=1S/C7H13NO4/c8-12-7(9)10-4-2-1-3-6-5-11-6/h6H,1-5,8H2. The first-order valence-corrected chi connectivity index (χ1v) is 3.98. The van der Waals surface area contributed by atoms with Crippen LogP contribution in [0.3, 0.4) is 0 Å². The van der Waals surface area contributed by atoms with E-state index in [1.54, 1.807) is 0 Å². The monoisotopic (exact) mass is 175 g/mol. The third-order valence-electron chi connectivity index (χ3n) is 1.64. The smallest absolute Gasteiger partial charge is 0.433 e. The summed E-state index contributed by atoms with van der Waals surface area (Å²) in [5.74, 6) is 4.55. The van der Waals surface area contributed by atoms with Gasteiger partial charge in [0.25, 0.3) is 0 Å². The Morgan fingerprint density at radius 2 is 2.33 bits per heavy atom. The van der Waals surface area contributed by atoms with Crippen LogP contribution >= 0.6 is 0 Å². The molecule has 0 aromatic carbocycles. The fourth-order valence-corrected chi connectivity index (χ4v) is 0.898. The molecule has 0 bridgehead atoms. The summed E-state index contributed by atoms with van der Waals surface area (Å²) in [5, 5.41) is 0. The van der Waals surface area contributed by atoms with Crippen LogP contribution in [-0.2, 0) is 14.3 Å². The van der Waals surface area contributed by atoms with Crippen molar-refractivity contribution in [2.24, 2.45) is 5.90 Å². The van der Waals surface area contributed by atoms with Gasteiger partial charge in [-0.3, -0.25) is 0 Å². The zero-order valence-corrected chi connectivity index (χ0v) is 6.82. The van der Waals surface area contributed by atoms with Crippen molar-refractivity contribution in [2.75, 3.05) is 13.2 Å². The van der Waals surface area contributed by atoms with Crippen LogP contribution in [0.25, 0.3) is 0 Å². The molecule has 1 saturated heterocycles. The quantitative estimate of drug-likeness (QED) is 0.286. The third kappa shape index (κ3) is 4.15. The van der Waals surface area contributed by atoms with E-state index in [1.165, 1.54) is 0 Å². The molecule has 0 spiro atoms. The van der Waals surface area contributed by atoms with E-state index >= 15 is 0 Å². The number of epoxide rings is 1. The van der Waals surface area contributed by atoms with E-state index in [9.17, 15) is 4.79 Å². The molecule has 12 heavy (non-hydrogen) atoms. The summed E-state index contributed by atoms with van der Waals surface area (Å²) in [6.45, 7) is 1.24. The molecule has 1 rings (SSSR count). The minimum atomic E-state index is -0.822. The normalized spacial score (nSPS) is 20.2. The number of unbranched alkanes of at least 4 members (excludes halogenated alkanes) is 1. The van der Waals surface area contributed by atoms with Crippen molar-refractivity contribution in [1.29, 1.82) is 0 Å². The maximum atomic E-state index is 10.3. The Morgan fingerprint density at radius 1 is 1.58 bits per heavy atom. The molecule has 70 valence electrons. The molecule has 1 aliphatic rings. The molecule has 1 aliphatic heterocycles. The predicted molar refractivity (Wildman–Crippen MR) is 40.2 cm³/mol. The van der Waals surface area contributed by atoms with Gasteiger partial charge < -0.3 is 14.3 Å². The lowest BCUT2D eigenvalue weighted by molar-refractivity contribution is 0.0539. The van der Waals surface area contributed by atoms with E-state index in [1.807, 2.05) is 0 Å². The Morgan fingerprint density at radius 3 is 2.92 bits per heavy atom. The summed E-state index contributed by atoms with van der Waals surface area (Å²) < 4.78 is 9.57. The highest BCUT2D eigenvalue weighted by atomic mass is 16.8. The molecule has 0 amide bonds. The van der Waals surface area contributed by atoms with Gasteiger partial charge in [-0.25, -0.2) is 4.79 Å². The van der Waals surface area contributed by atoms with Crippen LogP contribution in [0.15, 0.2) is 0 Å². The second-order valence-corrected chi connectivity index (χ2v) is 2.67. The van der Waals surface area contributed by atoms with Crippen molar-refractivity contribution >= 4 is 6.16 Å². The van der Waals surface area contributed by atoms with Crippen molar-refractivity contribution in [2.45, 2.75) is 25.4 Å². The average Bonchev–Trinajstić information content (AvgIpc) is 2.87. The number of hydrogen-bond donors (Lipinski definition) is 1. The molecule has 0 saturated carbocycles. The van der Waals surface area contributed by atoms with Crippen molar-refractivity contribution in [3.8, 4) is 0 Å². The van der Waals surface area contributed by atoms with Crippen LogP contribution in [0.1, 0.15) is 19.3 Å². The van der Waals surface area contributed by atoms with Gasteiger partial charge in [-0.05, 0) is 19.3 Å². The first-order valence-electron chi connectivity index (χ1n) is 3.98. The molecule has 1 heterocycles. The molecular formula is C7H13NO4. The van der Waals surface area contributed by atoms with Gasteiger partial charge in [0.2, 0.25) is 0 Å². The molecule has 2 N–H and O–H groups in total. The highest BCUT2D eigenvalue weighted by Gasteiger charge is 2.20. The van der Waals surface area contributed by atoms with Gasteiger partial charge in [-0.1, -0.05) is 0 Å². The largest absolute Gasteiger partial charge is 0.527 e. The van der Waals surface area contributed by atoms with E-state index in [0.717, 1.165) is 25.9 Å². The Bertz CT molecular complexity index is 146. The SMILES string of the molecule is NOC(=O)OCCCCC1CO1. The van der Waals surface area contributed by atoms with Gasteiger partial charge in [-0.2, -0.15) is 5.90 Å². The lowest BCUT2D eigenvalue weighted by Gasteiger charge is -2.00. The lowest BCUT2D eigenvalue weighted by atomic mass is 10.2. The number of hydrogen-bond acceptors (Lipinski definition) is 5. The van der Waals surface area contributed by atoms with E-state index in [2.05, 4.69) is 15.5 Å². The third-order valence-corrected chi connectivity index (χ3v) is 1.64. The van der Waals surface area contributed by atoms with Crippen LogP contribution in [0.5, 0.6) is 0 Å². The number of carbonyl (C=O) groups excluding carboxylic acids is 1. The van der Waals surface area contributed by atoms with Crippen molar-refractivity contribution in [1.82, 2.24) is 0 Å². The molecule has 1 atom stereocenters. The summed E-state index contributed by atoms with van der Waals surface area (Å²) in [7, 11) is 0. The molecule has 0 aromatic rings. The van der Waals surface area contributed by atoms with Crippen molar-refractivity contribution < 1.29 is 19.1 Å². The maximum absolute atomic E-state index is 10.3. The first kappa shape index (κ1) is 9.28. The molecular weight excluding hydrogens is 162 g/mol. The molecule has 1 unspecified atom stereocenters. The number of carbonyl (C=O) groups is 1. The Kier molecular flexibility index (Phi) is 3.83. The molecule has 5 nitrogen and oxygen atoms in total. The lowest BCUT2D eigenvalue weighted by Crippen LogP contribution is -2.12. The van der Waals surface area contributed by atoms with Gasteiger partial charge >= 0.3 is 6.16 Å². The minimum absolute atomic E-state index is 0.364. The molecule has 1 fully saturated rings. The number of nitrogens with two attached hydrogens (primary N) is 1. The number of ether oxygens (including phenoxy) is 2. The van der Waals surface area contributed by atoms with Crippen LogP contribution in [0.2, 0.25) is 0 Å². The van der Waals surface area contributed by atoms with E-state index in [0.29, 0.717) is 12.7 Å². The van der Waals surface area contributed by atoms with Crippen LogP contribution in [-0.4, -0.2) is 25.5 Å². The van der Waals surface area contributed by atoms with Crippen LogP contribution < -0.4 is 5.90 Å². The van der Waals surface area contributed by atoms with E-state index in [4.69, 9.17) is 4.74 Å². The highest BCUT2D eigenvalue weighted by molar-refractivity contribution is 5.59. The summed E-state index contributed by atoms with van der Waals surface area (Å²) in [5.41, 5.74) is 0. The second kappa shape index (κ2) is 4.95. The van der Waals surface area contributed by atoms with Crippen LogP contribution in [0.4, 0.5) is 4.79 Å². The van der Waals surface area contributed by atoms with Gasteiger partial charge in [0, 0.05) is 0 Å². The summed E-state index contributed by atoms with van der Waals surface area (Å²) in [6, 6.07) is 0. The average molecular weight is 175 g/mol. The van der Waals surface area contributed by atoms with Gasteiger partial charge in [0.1, 0.15) is 0 Å². The Hall–Kier alpha value is -0.810. The maximum Gasteiger partial charge on any atom is 0.527 e. The molecule has 0 aromatic heterocycles. The molecule has 0 radical (unpaired) electrons. The second-order valence-electron chi connectivity index (χ2n) is 2.67.